The second-order valence-corrected chi connectivity index (χ2v) is 7.31. The Labute approximate surface area is 154 Å². The molecule has 130 valence electrons. The highest BCUT2D eigenvalue weighted by Crippen LogP contribution is 2.28. The van der Waals surface area contributed by atoms with Crippen LogP contribution >= 0.6 is 11.3 Å². The van der Waals surface area contributed by atoms with Crippen LogP contribution in [0, 0.1) is 0 Å². The van der Waals surface area contributed by atoms with Gasteiger partial charge in [-0.25, -0.2) is 15.0 Å². The molecule has 0 saturated carbocycles. The first-order chi connectivity index (χ1) is 12.9. The summed E-state index contributed by atoms with van der Waals surface area (Å²) in [6.45, 7) is 0.622. The Morgan fingerprint density at radius 3 is 2.92 bits per heavy atom. The zero-order valence-corrected chi connectivity index (χ0v) is 15.0. The molecule has 7 heteroatoms. The van der Waals surface area contributed by atoms with Gasteiger partial charge < -0.3 is 10.3 Å². The number of aryl methyl sites for hydroxylation is 2. The van der Waals surface area contributed by atoms with Crippen molar-refractivity contribution in [1.29, 1.82) is 0 Å². The Morgan fingerprint density at radius 1 is 1.08 bits per heavy atom. The Balaban J connectivity index is 1.46. The highest BCUT2D eigenvalue weighted by atomic mass is 32.1. The third-order valence-electron chi connectivity index (χ3n) is 4.65. The van der Waals surface area contributed by atoms with Crippen molar-refractivity contribution in [1.82, 2.24) is 24.9 Å². The smallest absolute Gasteiger partial charge is 0.181 e. The molecule has 0 aliphatic heterocycles. The number of hydrogen-bond donors (Lipinski definition) is 2. The van der Waals surface area contributed by atoms with E-state index in [9.17, 15) is 0 Å². The predicted octanol–water partition coefficient (Wildman–Crippen LogP) is 3.97. The van der Waals surface area contributed by atoms with Crippen LogP contribution in [-0.2, 0) is 19.4 Å². The van der Waals surface area contributed by atoms with E-state index in [1.807, 2.05) is 23.6 Å². The van der Waals surface area contributed by atoms with Gasteiger partial charge in [0, 0.05) is 11.9 Å². The lowest BCUT2D eigenvalue weighted by Crippen LogP contribution is -2.05. The minimum Gasteiger partial charge on any atom is -0.362 e. The van der Waals surface area contributed by atoms with Crippen molar-refractivity contribution in [3.8, 4) is 11.5 Å². The summed E-state index contributed by atoms with van der Waals surface area (Å²) in [5.41, 5.74) is 3.30. The normalized spacial score (nSPS) is 13.7. The third kappa shape index (κ3) is 2.84. The standard InChI is InChI=1S/C19H18N6S/c1-2-6-14-13(5-1)22-16(23-14)11-21-17-12-8-10-26-19(12)25-18(24-17)15-7-3-4-9-20-15/h3-4,7-10H,1-2,5-6,11H2,(H,22,23)(H,21,24,25). The minimum atomic E-state index is 0.622. The number of imidazole rings is 1. The Bertz CT molecular complexity index is 1030. The first kappa shape index (κ1) is 15.5. The van der Waals surface area contributed by atoms with Crippen molar-refractivity contribution in [3.63, 3.8) is 0 Å². The monoisotopic (exact) mass is 362 g/mol. The largest absolute Gasteiger partial charge is 0.362 e. The van der Waals surface area contributed by atoms with E-state index >= 15 is 0 Å². The summed E-state index contributed by atoms with van der Waals surface area (Å²) in [5.74, 6) is 2.44. The van der Waals surface area contributed by atoms with E-state index in [1.54, 1.807) is 17.5 Å². The molecular formula is C19H18N6S. The topological polar surface area (TPSA) is 79.4 Å². The van der Waals surface area contributed by atoms with Crippen LogP contribution in [0.5, 0.6) is 0 Å². The molecule has 4 aromatic heterocycles. The molecule has 0 fully saturated rings. The molecule has 0 saturated heterocycles. The van der Waals surface area contributed by atoms with Gasteiger partial charge in [0.2, 0.25) is 0 Å². The highest BCUT2D eigenvalue weighted by molar-refractivity contribution is 7.16. The fourth-order valence-electron chi connectivity index (χ4n) is 3.36. The molecule has 2 N–H and O–H groups in total. The fraction of sp³-hybridized carbons (Fsp3) is 0.263. The molecule has 6 nitrogen and oxygen atoms in total. The summed E-state index contributed by atoms with van der Waals surface area (Å²) in [6.07, 6.45) is 6.43. The van der Waals surface area contributed by atoms with Gasteiger partial charge in [0.1, 0.15) is 22.2 Å². The van der Waals surface area contributed by atoms with Gasteiger partial charge in [-0.1, -0.05) is 6.07 Å². The van der Waals surface area contributed by atoms with Gasteiger partial charge >= 0.3 is 0 Å². The molecule has 0 radical (unpaired) electrons. The van der Waals surface area contributed by atoms with Gasteiger partial charge in [-0.05, 0) is 49.3 Å². The molecule has 4 aromatic rings. The Kier molecular flexibility index (Phi) is 3.86. The van der Waals surface area contributed by atoms with Gasteiger partial charge in [-0.15, -0.1) is 11.3 Å². The van der Waals surface area contributed by atoms with Crippen molar-refractivity contribution in [3.05, 3.63) is 53.1 Å². The maximum absolute atomic E-state index is 4.74. The molecule has 0 unspecified atom stereocenters. The summed E-state index contributed by atoms with van der Waals surface area (Å²) >= 11 is 1.61. The van der Waals surface area contributed by atoms with E-state index in [1.165, 1.54) is 24.2 Å². The van der Waals surface area contributed by atoms with Crippen molar-refractivity contribution in [2.45, 2.75) is 32.2 Å². The quantitative estimate of drug-likeness (QED) is 0.574. The number of thiophene rings is 1. The molecule has 0 aromatic carbocycles. The fourth-order valence-corrected chi connectivity index (χ4v) is 4.13. The summed E-state index contributed by atoms with van der Waals surface area (Å²) in [4.78, 5) is 22.9. The number of nitrogens with zero attached hydrogens (tertiary/aromatic N) is 4. The molecule has 0 amide bonds. The second kappa shape index (κ2) is 6.49. The average Bonchev–Trinajstić information content (AvgIpc) is 3.33. The number of nitrogens with one attached hydrogen (secondary N) is 2. The average molecular weight is 362 g/mol. The van der Waals surface area contributed by atoms with Crippen LogP contribution < -0.4 is 5.32 Å². The molecule has 1 aliphatic carbocycles. The number of H-pyrrole nitrogens is 1. The van der Waals surface area contributed by atoms with Crippen LogP contribution in [-0.4, -0.2) is 24.9 Å². The van der Waals surface area contributed by atoms with Crippen LogP contribution in [0.15, 0.2) is 35.8 Å². The van der Waals surface area contributed by atoms with E-state index in [-0.39, 0.29) is 0 Å². The molecule has 4 heterocycles. The Hall–Kier alpha value is -2.80. The lowest BCUT2D eigenvalue weighted by molar-refractivity contribution is 0.667. The van der Waals surface area contributed by atoms with Crippen molar-refractivity contribution >= 4 is 27.4 Å². The highest BCUT2D eigenvalue weighted by Gasteiger charge is 2.15. The van der Waals surface area contributed by atoms with Gasteiger partial charge in [0.05, 0.1) is 17.6 Å². The van der Waals surface area contributed by atoms with E-state index in [0.717, 1.165) is 40.4 Å². The van der Waals surface area contributed by atoms with E-state index < -0.39 is 0 Å². The van der Waals surface area contributed by atoms with Crippen LogP contribution in [0.3, 0.4) is 0 Å². The number of rotatable bonds is 4. The molecule has 5 rings (SSSR count). The number of hydrogen-bond acceptors (Lipinski definition) is 6. The molecule has 0 spiro atoms. The first-order valence-electron chi connectivity index (χ1n) is 8.84. The zero-order valence-electron chi connectivity index (χ0n) is 14.2. The number of aromatic nitrogens is 5. The maximum Gasteiger partial charge on any atom is 0.181 e. The number of anilines is 1. The van der Waals surface area contributed by atoms with Crippen molar-refractivity contribution < 1.29 is 0 Å². The van der Waals surface area contributed by atoms with Crippen LogP contribution in [0.2, 0.25) is 0 Å². The van der Waals surface area contributed by atoms with Crippen LogP contribution in [0.4, 0.5) is 5.82 Å². The number of fused-ring (bicyclic) bond motifs is 2. The second-order valence-electron chi connectivity index (χ2n) is 6.42. The summed E-state index contributed by atoms with van der Waals surface area (Å²) in [7, 11) is 0. The van der Waals surface area contributed by atoms with E-state index in [2.05, 4.69) is 26.3 Å². The lowest BCUT2D eigenvalue weighted by atomic mass is 10.0. The molecule has 0 bridgehead atoms. The Morgan fingerprint density at radius 2 is 2.04 bits per heavy atom. The van der Waals surface area contributed by atoms with Gasteiger partial charge in [-0.2, -0.15) is 0 Å². The summed E-state index contributed by atoms with van der Waals surface area (Å²) < 4.78 is 0. The number of aromatic amines is 1. The van der Waals surface area contributed by atoms with E-state index in [4.69, 9.17) is 9.97 Å². The predicted molar refractivity (Wildman–Crippen MR) is 103 cm³/mol. The maximum atomic E-state index is 4.74. The molecular weight excluding hydrogens is 344 g/mol. The molecule has 0 atom stereocenters. The van der Waals surface area contributed by atoms with E-state index in [0.29, 0.717) is 12.4 Å². The van der Waals surface area contributed by atoms with Crippen molar-refractivity contribution in [2.24, 2.45) is 0 Å². The summed E-state index contributed by atoms with van der Waals surface area (Å²) in [5, 5.41) is 6.52. The summed E-state index contributed by atoms with van der Waals surface area (Å²) in [6, 6.07) is 7.83. The minimum absolute atomic E-state index is 0.622. The van der Waals surface area contributed by atoms with Crippen molar-refractivity contribution in [2.75, 3.05) is 5.32 Å². The SMILES string of the molecule is c1ccc(-c2nc(NCc3nc4c([nH]3)CCCC4)c3ccsc3n2)nc1. The van der Waals surface area contributed by atoms with Gasteiger partial charge in [-0.3, -0.25) is 4.98 Å². The number of pyridine rings is 1. The van der Waals surface area contributed by atoms with Crippen LogP contribution in [0.25, 0.3) is 21.7 Å². The third-order valence-corrected chi connectivity index (χ3v) is 5.45. The van der Waals surface area contributed by atoms with Gasteiger partial charge in [0.15, 0.2) is 5.82 Å². The zero-order chi connectivity index (χ0) is 17.3. The molecule has 26 heavy (non-hydrogen) atoms. The lowest BCUT2D eigenvalue weighted by Gasteiger charge is -2.07. The first-order valence-corrected chi connectivity index (χ1v) is 9.72. The van der Waals surface area contributed by atoms with Crippen LogP contribution in [0.1, 0.15) is 30.1 Å². The van der Waals surface area contributed by atoms with Gasteiger partial charge in [0.25, 0.3) is 0 Å². The molecule has 1 aliphatic rings.